The number of rotatable bonds is 4. The SMILES string of the molecule is C[C@@H]([C@@H]1CCCN1C)n1ncc2c(N3CCNC4(COC4)C3)nc(-c3noc4c3CCC[C@@]43CCCc4sc(N)c(C#N)c43)nc21. The van der Waals surface area contributed by atoms with Crippen LogP contribution in [0.3, 0.4) is 0 Å². The van der Waals surface area contributed by atoms with Crippen LogP contribution in [0, 0.1) is 11.3 Å². The van der Waals surface area contributed by atoms with E-state index in [2.05, 4.69) is 39.8 Å². The van der Waals surface area contributed by atoms with E-state index >= 15 is 0 Å². The van der Waals surface area contributed by atoms with Gasteiger partial charge in [0.25, 0.3) is 0 Å². The molecule has 3 saturated heterocycles. The molecule has 5 aliphatic rings. The number of thiophene rings is 1. The Morgan fingerprint density at radius 2 is 2.02 bits per heavy atom. The smallest absolute Gasteiger partial charge is 0.186 e. The summed E-state index contributed by atoms with van der Waals surface area (Å²) in [7, 11) is 2.21. The number of nitrogens with two attached hydrogens (primary N) is 1. The monoisotopic (exact) mass is 640 g/mol. The highest BCUT2D eigenvalue weighted by Gasteiger charge is 2.49. The maximum absolute atomic E-state index is 10.1. The van der Waals surface area contributed by atoms with E-state index < -0.39 is 5.41 Å². The lowest BCUT2D eigenvalue weighted by molar-refractivity contribution is -0.0743. The molecular weight excluding hydrogens is 600 g/mol. The predicted octanol–water partition coefficient (Wildman–Crippen LogP) is 3.79. The quantitative estimate of drug-likeness (QED) is 0.336. The fourth-order valence-corrected chi connectivity index (χ4v) is 10.3. The third-order valence-electron chi connectivity index (χ3n) is 11.5. The van der Waals surface area contributed by atoms with Crippen LogP contribution in [-0.2, 0) is 23.0 Å². The molecule has 0 bridgehead atoms. The standard InChI is InChI=1S/C33H40N10O2S/c1-19(23-7-5-12-41(23)2)43-31-22(15-37-43)30(42-13-11-36-32(16-42)17-44-18-32)38-29(39-31)26-20-6-3-9-33(27(20)45-40-26)10-4-8-24-25(33)21(14-34)28(35)46-24/h15,19,23,36H,3-13,16-18,35H2,1-2H3/t19-,23-,33-/m0/s1. The molecule has 0 saturated carbocycles. The predicted molar refractivity (Wildman–Crippen MR) is 175 cm³/mol. The molecule has 2 spiro atoms. The number of nitrogens with zero attached hydrogens (tertiary/aromatic N) is 8. The van der Waals surface area contributed by atoms with E-state index in [1.807, 2.05) is 6.20 Å². The van der Waals surface area contributed by atoms with Crippen LogP contribution >= 0.6 is 11.3 Å². The molecule has 4 aromatic rings. The van der Waals surface area contributed by atoms with Gasteiger partial charge in [-0.3, -0.25) is 0 Å². The zero-order valence-electron chi connectivity index (χ0n) is 26.5. The van der Waals surface area contributed by atoms with Crippen molar-refractivity contribution in [2.24, 2.45) is 0 Å². The Bertz CT molecular complexity index is 1880. The summed E-state index contributed by atoms with van der Waals surface area (Å²) in [6.45, 7) is 7.26. The molecule has 3 atom stereocenters. The first kappa shape index (κ1) is 28.6. The first-order valence-electron chi connectivity index (χ1n) is 16.8. The minimum absolute atomic E-state index is 0.0511. The van der Waals surface area contributed by atoms with Gasteiger partial charge in [-0.15, -0.1) is 11.3 Å². The molecule has 3 N–H and O–H groups in total. The normalized spacial score (nSPS) is 26.3. The van der Waals surface area contributed by atoms with E-state index in [-0.39, 0.29) is 11.6 Å². The third-order valence-corrected chi connectivity index (χ3v) is 12.5. The largest absolute Gasteiger partial charge is 0.389 e. The molecule has 0 radical (unpaired) electrons. The van der Waals surface area contributed by atoms with Crippen molar-refractivity contribution in [3.8, 4) is 17.6 Å². The van der Waals surface area contributed by atoms with Crippen LogP contribution in [0.2, 0.25) is 0 Å². The number of aryl methyl sites for hydroxylation is 1. The van der Waals surface area contributed by atoms with Gasteiger partial charge in [-0.25, -0.2) is 14.6 Å². The maximum atomic E-state index is 10.1. The number of fused-ring (bicyclic) bond motifs is 5. The zero-order chi connectivity index (χ0) is 31.2. The number of nitrogen functional groups attached to an aromatic ring is 1. The van der Waals surface area contributed by atoms with Crippen molar-refractivity contribution in [3.63, 3.8) is 0 Å². The lowest BCUT2D eigenvalue weighted by atomic mass is 9.63. The average molecular weight is 641 g/mol. The number of piperazine rings is 1. The van der Waals surface area contributed by atoms with Crippen molar-refractivity contribution < 1.29 is 9.26 Å². The summed E-state index contributed by atoms with van der Waals surface area (Å²) in [6, 6.07) is 2.98. The number of likely N-dealkylation sites (N-methyl/N-ethyl adjacent to an activating group) is 1. The van der Waals surface area contributed by atoms with Crippen molar-refractivity contribution in [3.05, 3.63) is 33.5 Å². The fourth-order valence-electron chi connectivity index (χ4n) is 9.16. The number of anilines is 2. The van der Waals surface area contributed by atoms with Gasteiger partial charge in [-0.05, 0) is 77.4 Å². The summed E-state index contributed by atoms with van der Waals surface area (Å²) in [5.74, 6) is 2.35. The van der Waals surface area contributed by atoms with Crippen molar-refractivity contribution >= 4 is 33.2 Å². The van der Waals surface area contributed by atoms with Crippen LogP contribution in [0.25, 0.3) is 22.6 Å². The second kappa shape index (κ2) is 10.5. The minimum Gasteiger partial charge on any atom is -0.389 e. The van der Waals surface area contributed by atoms with Gasteiger partial charge in [0.2, 0.25) is 0 Å². The van der Waals surface area contributed by atoms with Gasteiger partial charge in [0.1, 0.15) is 16.9 Å². The lowest BCUT2D eigenvalue weighted by Gasteiger charge is -2.49. The van der Waals surface area contributed by atoms with Crippen LogP contribution < -0.4 is 16.0 Å². The number of hydrogen-bond acceptors (Lipinski definition) is 12. The molecule has 3 aliphatic heterocycles. The Labute approximate surface area is 271 Å². The zero-order valence-corrected chi connectivity index (χ0v) is 27.3. The molecule has 0 aromatic carbocycles. The van der Waals surface area contributed by atoms with Crippen molar-refractivity contribution in [1.82, 2.24) is 35.1 Å². The maximum Gasteiger partial charge on any atom is 0.186 e. The highest BCUT2D eigenvalue weighted by Crippen LogP contribution is 2.55. The number of ether oxygens (including phenoxy) is 1. The summed E-state index contributed by atoms with van der Waals surface area (Å²) in [6.07, 6.45) is 9.90. The molecule has 240 valence electrons. The first-order chi connectivity index (χ1) is 22.4. The molecule has 3 fully saturated rings. The molecule has 0 unspecified atom stereocenters. The van der Waals surface area contributed by atoms with Crippen molar-refractivity contribution in [2.75, 3.05) is 57.1 Å². The minimum atomic E-state index is -0.392. The molecule has 0 amide bonds. The van der Waals surface area contributed by atoms with Crippen LogP contribution in [0.1, 0.15) is 78.8 Å². The van der Waals surface area contributed by atoms with Gasteiger partial charge >= 0.3 is 0 Å². The Hall–Kier alpha value is -3.57. The highest BCUT2D eigenvalue weighted by molar-refractivity contribution is 7.16. The summed E-state index contributed by atoms with van der Waals surface area (Å²) >= 11 is 1.56. The van der Waals surface area contributed by atoms with E-state index in [1.165, 1.54) is 11.3 Å². The molecule has 4 aromatic heterocycles. The van der Waals surface area contributed by atoms with Crippen molar-refractivity contribution in [1.29, 1.82) is 5.26 Å². The summed E-state index contributed by atoms with van der Waals surface area (Å²) in [5, 5.41) is 25.1. The molecule has 7 heterocycles. The molecule has 12 nitrogen and oxygen atoms in total. The molecule has 46 heavy (non-hydrogen) atoms. The topological polar surface area (TPSA) is 147 Å². The van der Waals surface area contributed by atoms with Gasteiger partial charge < -0.3 is 30.1 Å². The second-order valence-electron chi connectivity index (χ2n) is 14.1. The summed E-state index contributed by atoms with van der Waals surface area (Å²) in [4.78, 5) is 16.6. The summed E-state index contributed by atoms with van der Waals surface area (Å²) < 4.78 is 14.1. The van der Waals surface area contributed by atoms with E-state index in [1.54, 1.807) is 11.3 Å². The second-order valence-corrected chi connectivity index (χ2v) is 15.3. The molecule has 9 rings (SSSR count). The van der Waals surface area contributed by atoms with Gasteiger partial charge in [0, 0.05) is 36.1 Å². The van der Waals surface area contributed by atoms with Gasteiger partial charge in [-0.1, -0.05) is 5.16 Å². The van der Waals surface area contributed by atoms with E-state index in [9.17, 15) is 5.26 Å². The number of nitrogens with one attached hydrogen (secondary N) is 1. The lowest BCUT2D eigenvalue weighted by Crippen LogP contribution is -2.70. The first-order valence-corrected chi connectivity index (χ1v) is 17.6. The Morgan fingerprint density at radius 3 is 2.78 bits per heavy atom. The van der Waals surface area contributed by atoms with Crippen LogP contribution in [-0.4, -0.2) is 87.8 Å². The highest BCUT2D eigenvalue weighted by atomic mass is 32.1. The van der Waals surface area contributed by atoms with Crippen LogP contribution in [0.15, 0.2) is 10.7 Å². The van der Waals surface area contributed by atoms with Gasteiger partial charge in [-0.2, -0.15) is 10.4 Å². The van der Waals surface area contributed by atoms with Crippen molar-refractivity contribution in [2.45, 2.75) is 81.3 Å². The van der Waals surface area contributed by atoms with E-state index in [0.717, 1.165) is 105 Å². The van der Waals surface area contributed by atoms with Crippen LogP contribution in [0.5, 0.6) is 0 Å². The Morgan fingerprint density at radius 1 is 1.17 bits per heavy atom. The molecular formula is C33H40N10O2S. The van der Waals surface area contributed by atoms with E-state index in [4.69, 9.17) is 35.2 Å². The average Bonchev–Trinajstić information content (AvgIpc) is 3.85. The number of aromatic nitrogens is 5. The molecule has 2 aliphatic carbocycles. The third kappa shape index (κ3) is 4.06. The van der Waals surface area contributed by atoms with Gasteiger partial charge in [0.05, 0.1) is 47.4 Å². The Kier molecular flexibility index (Phi) is 6.52. The number of likely N-dealkylation sites (tertiary alicyclic amines) is 1. The number of hydrogen-bond donors (Lipinski definition) is 2. The molecule has 13 heteroatoms. The van der Waals surface area contributed by atoms with Gasteiger partial charge in [0.15, 0.2) is 22.9 Å². The fraction of sp³-hybridized carbons (Fsp3) is 0.606. The summed E-state index contributed by atoms with van der Waals surface area (Å²) in [5.41, 5.74) is 10.3. The van der Waals surface area contributed by atoms with E-state index in [0.29, 0.717) is 41.3 Å². The number of nitriles is 1. The Balaban J connectivity index is 1.20. The van der Waals surface area contributed by atoms with Crippen LogP contribution in [0.4, 0.5) is 10.8 Å².